The summed E-state index contributed by atoms with van der Waals surface area (Å²) in [5.74, 6) is 1.70. The number of rotatable bonds is 3. The first-order valence-corrected chi connectivity index (χ1v) is 14.1. The quantitative estimate of drug-likeness (QED) is 0.451. The van der Waals surface area contributed by atoms with Crippen molar-refractivity contribution in [2.75, 3.05) is 6.61 Å². The van der Waals surface area contributed by atoms with E-state index < -0.39 is 11.9 Å². The van der Waals surface area contributed by atoms with Crippen LogP contribution in [0, 0.1) is 23.7 Å². The van der Waals surface area contributed by atoms with E-state index in [4.69, 9.17) is 14.2 Å². The van der Waals surface area contributed by atoms with Crippen molar-refractivity contribution in [2.24, 2.45) is 23.7 Å². The highest BCUT2D eigenvalue weighted by Gasteiger charge is 2.59. The summed E-state index contributed by atoms with van der Waals surface area (Å²) >= 11 is 1.74. The monoisotopic (exact) mass is 490 g/mol. The van der Waals surface area contributed by atoms with Gasteiger partial charge in [0, 0.05) is 20.9 Å². The van der Waals surface area contributed by atoms with E-state index in [0.29, 0.717) is 17.8 Å². The molecule has 8 rings (SSSR count). The number of esters is 1. The van der Waals surface area contributed by atoms with Gasteiger partial charge in [-0.3, -0.25) is 0 Å². The lowest BCUT2D eigenvalue weighted by Gasteiger charge is -2.59. The fourth-order valence-corrected chi connectivity index (χ4v) is 8.91. The minimum absolute atomic E-state index is 0.208. The maximum absolute atomic E-state index is 13.6. The van der Waals surface area contributed by atoms with Crippen molar-refractivity contribution in [1.29, 1.82) is 0 Å². The fraction of sp³-hybridized carbons (Fsp3) is 0.567. The van der Waals surface area contributed by atoms with Crippen molar-refractivity contribution in [3.63, 3.8) is 0 Å². The van der Waals surface area contributed by atoms with Crippen LogP contribution in [0.25, 0.3) is 0 Å². The van der Waals surface area contributed by atoms with E-state index in [-0.39, 0.29) is 18.2 Å². The molecule has 2 aliphatic heterocycles. The molecule has 2 heterocycles. The largest absolute Gasteiger partial charge is 0.457 e. The minimum atomic E-state index is -1.07. The first-order chi connectivity index (χ1) is 16.9. The molecule has 1 saturated heterocycles. The fourth-order valence-electron chi connectivity index (χ4n) is 7.77. The predicted molar refractivity (Wildman–Crippen MR) is 134 cm³/mol. The molecule has 184 valence electrons. The zero-order chi connectivity index (χ0) is 23.9. The van der Waals surface area contributed by atoms with E-state index >= 15 is 0 Å². The van der Waals surface area contributed by atoms with Gasteiger partial charge in [-0.05, 0) is 92.4 Å². The molecule has 4 bridgehead atoms. The van der Waals surface area contributed by atoms with Crippen LogP contribution in [0.15, 0.2) is 52.3 Å². The van der Waals surface area contributed by atoms with Gasteiger partial charge in [0.2, 0.25) is 5.79 Å². The number of carbonyl (C=O) groups excluding carboxylic acids is 1. The van der Waals surface area contributed by atoms with Gasteiger partial charge >= 0.3 is 5.97 Å². The van der Waals surface area contributed by atoms with Crippen molar-refractivity contribution in [2.45, 2.75) is 86.1 Å². The Morgan fingerprint density at radius 1 is 0.971 bits per heavy atom. The van der Waals surface area contributed by atoms with Crippen LogP contribution in [0.5, 0.6) is 0 Å². The summed E-state index contributed by atoms with van der Waals surface area (Å²) in [5.41, 5.74) is 2.85. The van der Waals surface area contributed by atoms with E-state index in [1.165, 1.54) is 37.7 Å². The lowest BCUT2D eigenvalue weighted by atomic mass is 9.50. The molecule has 0 N–H and O–H groups in total. The van der Waals surface area contributed by atoms with E-state index in [9.17, 15) is 4.79 Å². The van der Waals surface area contributed by atoms with Crippen LogP contribution in [-0.2, 0) is 24.8 Å². The first kappa shape index (κ1) is 22.4. The zero-order valence-corrected chi connectivity index (χ0v) is 21.6. The van der Waals surface area contributed by atoms with Gasteiger partial charge in [-0.1, -0.05) is 49.9 Å². The molecule has 2 unspecified atom stereocenters. The topological polar surface area (TPSA) is 44.8 Å². The Morgan fingerprint density at radius 2 is 1.66 bits per heavy atom. The second kappa shape index (κ2) is 7.84. The molecule has 4 nitrogen and oxygen atoms in total. The van der Waals surface area contributed by atoms with Crippen LogP contribution < -0.4 is 0 Å². The van der Waals surface area contributed by atoms with E-state index in [1.54, 1.807) is 11.8 Å². The summed E-state index contributed by atoms with van der Waals surface area (Å²) in [6.45, 7) is 6.79. The third-order valence-electron chi connectivity index (χ3n) is 9.58. The lowest BCUT2D eigenvalue weighted by Crippen LogP contribution is -2.58. The second-order valence-electron chi connectivity index (χ2n) is 12.0. The zero-order valence-electron chi connectivity index (χ0n) is 20.8. The van der Waals surface area contributed by atoms with Gasteiger partial charge in [-0.15, -0.1) is 0 Å². The molecular weight excluding hydrogens is 456 g/mol. The molecule has 2 atom stereocenters. The summed E-state index contributed by atoms with van der Waals surface area (Å²) < 4.78 is 19.6. The van der Waals surface area contributed by atoms with Crippen LogP contribution in [-0.4, -0.2) is 24.3 Å². The molecule has 5 fully saturated rings. The van der Waals surface area contributed by atoms with Crippen molar-refractivity contribution in [3.8, 4) is 0 Å². The molecular formula is C30H34O4S. The Kier molecular flexibility index (Phi) is 5.01. The summed E-state index contributed by atoms with van der Waals surface area (Å²) in [5, 5.41) is 0. The maximum Gasteiger partial charge on any atom is 0.338 e. The Hall–Kier alpha value is -1.82. The second-order valence-corrected chi connectivity index (χ2v) is 13.0. The Balaban J connectivity index is 1.20. The Labute approximate surface area is 212 Å². The molecule has 0 aromatic heterocycles. The van der Waals surface area contributed by atoms with Gasteiger partial charge in [0.15, 0.2) is 6.10 Å². The number of benzene rings is 2. The molecule has 4 aliphatic carbocycles. The molecule has 0 radical (unpaired) electrons. The van der Waals surface area contributed by atoms with E-state index in [0.717, 1.165) is 32.8 Å². The van der Waals surface area contributed by atoms with Crippen LogP contribution in [0.4, 0.5) is 0 Å². The predicted octanol–water partition coefficient (Wildman–Crippen LogP) is 6.65. The highest BCUT2D eigenvalue weighted by atomic mass is 32.2. The lowest BCUT2D eigenvalue weighted by molar-refractivity contribution is -0.216. The molecule has 1 spiro atoms. The minimum Gasteiger partial charge on any atom is -0.457 e. The SMILES string of the molecule is CC(C)c1ccc2c(c1)C1(OCC(C(=O)OC3(C)C4CC5CC(C4)CC3C5)O1)c1ccccc1S2. The highest BCUT2D eigenvalue weighted by molar-refractivity contribution is 7.99. The van der Waals surface area contributed by atoms with Crippen molar-refractivity contribution >= 4 is 17.7 Å². The molecule has 35 heavy (non-hydrogen) atoms. The van der Waals surface area contributed by atoms with Crippen LogP contribution in [0.1, 0.15) is 75.5 Å². The Morgan fingerprint density at radius 3 is 2.37 bits per heavy atom. The summed E-state index contributed by atoms with van der Waals surface area (Å²) in [7, 11) is 0. The van der Waals surface area contributed by atoms with Crippen molar-refractivity contribution in [3.05, 3.63) is 59.2 Å². The standard InChI is InChI=1S/C30H34O4S/c1-17(2)20-8-9-27-24(15-20)30(23-6-4-5-7-26(23)35-27)32-16-25(33-30)28(31)34-29(3)21-11-18-10-19(13-21)14-22(29)12-18/h4-9,15,17-19,21-22,25H,10-14,16H2,1-3H3. The smallest absolute Gasteiger partial charge is 0.338 e. The van der Waals surface area contributed by atoms with Crippen LogP contribution >= 0.6 is 11.8 Å². The van der Waals surface area contributed by atoms with Gasteiger partial charge in [-0.2, -0.15) is 0 Å². The van der Waals surface area contributed by atoms with Crippen LogP contribution in [0.3, 0.4) is 0 Å². The maximum atomic E-state index is 13.6. The first-order valence-electron chi connectivity index (χ1n) is 13.3. The van der Waals surface area contributed by atoms with Crippen LogP contribution in [0.2, 0.25) is 0 Å². The molecule has 0 amide bonds. The van der Waals surface area contributed by atoms with E-state index in [2.05, 4.69) is 51.1 Å². The number of carbonyl (C=O) groups is 1. The molecule has 4 saturated carbocycles. The molecule has 2 aromatic carbocycles. The van der Waals surface area contributed by atoms with Crippen molar-refractivity contribution < 1.29 is 19.0 Å². The van der Waals surface area contributed by atoms with Gasteiger partial charge < -0.3 is 14.2 Å². The van der Waals surface area contributed by atoms with Gasteiger partial charge in [0.25, 0.3) is 0 Å². The Bertz CT molecular complexity index is 1160. The normalized spacial score (nSPS) is 38.6. The van der Waals surface area contributed by atoms with Crippen molar-refractivity contribution in [1.82, 2.24) is 0 Å². The number of fused-ring (bicyclic) bond motifs is 4. The third kappa shape index (κ3) is 3.30. The van der Waals surface area contributed by atoms with E-state index in [1.807, 2.05) is 12.1 Å². The number of hydrogen-bond donors (Lipinski definition) is 0. The van der Waals surface area contributed by atoms with Gasteiger partial charge in [-0.25, -0.2) is 4.79 Å². The third-order valence-corrected chi connectivity index (χ3v) is 10.7. The highest BCUT2D eigenvalue weighted by Crippen LogP contribution is 2.60. The average Bonchev–Trinajstić information content (AvgIpc) is 3.28. The number of hydrogen-bond acceptors (Lipinski definition) is 5. The molecule has 2 aromatic rings. The van der Waals surface area contributed by atoms with Gasteiger partial charge in [0.05, 0.1) is 6.61 Å². The summed E-state index contributed by atoms with van der Waals surface area (Å²) in [6, 6.07) is 14.8. The van der Waals surface area contributed by atoms with Gasteiger partial charge in [0.1, 0.15) is 5.60 Å². The molecule has 5 heteroatoms. The average molecular weight is 491 g/mol. The summed E-state index contributed by atoms with van der Waals surface area (Å²) in [4.78, 5) is 15.9. The summed E-state index contributed by atoms with van der Waals surface area (Å²) in [6.07, 6.45) is 5.49. The molecule has 6 aliphatic rings. The number of ether oxygens (including phenoxy) is 3.